The van der Waals surface area contributed by atoms with Crippen LogP contribution in [-0.2, 0) is 12.4 Å². The third kappa shape index (κ3) is 6.25. The Hall–Kier alpha value is -1.73. The predicted octanol–water partition coefficient (Wildman–Crippen LogP) is 5.81. The van der Waals surface area contributed by atoms with Gasteiger partial charge in [-0.2, -0.15) is 26.3 Å². The maximum atomic E-state index is 12.8. The van der Waals surface area contributed by atoms with Crippen LogP contribution >= 0.6 is 0 Å². The van der Waals surface area contributed by atoms with Gasteiger partial charge in [-0.3, -0.25) is 4.79 Å². The third-order valence-electron chi connectivity index (χ3n) is 3.79. The second-order valence-electron chi connectivity index (χ2n) is 5.60. The fourth-order valence-corrected chi connectivity index (χ4v) is 2.60. The molecule has 0 spiro atoms. The van der Waals surface area contributed by atoms with Crippen LogP contribution in [0.1, 0.15) is 67.4 Å². The van der Waals surface area contributed by atoms with Crippen molar-refractivity contribution in [1.82, 2.24) is 5.32 Å². The highest BCUT2D eigenvalue weighted by Gasteiger charge is 2.37. The molecule has 0 atom stereocenters. The van der Waals surface area contributed by atoms with E-state index in [0.29, 0.717) is 25.0 Å². The number of nitrogens with one attached hydrogen (secondary N) is 1. The number of hydrogen-bond donors (Lipinski definition) is 1. The quantitative estimate of drug-likeness (QED) is 0.655. The monoisotopic (exact) mass is 369 g/mol. The highest BCUT2D eigenvalue weighted by atomic mass is 19.4. The summed E-state index contributed by atoms with van der Waals surface area (Å²) in [4.78, 5) is 12.0. The molecule has 0 unspecified atom stereocenters. The van der Waals surface area contributed by atoms with Gasteiger partial charge < -0.3 is 5.32 Å². The van der Waals surface area contributed by atoms with Gasteiger partial charge in [0.2, 0.25) is 0 Å². The smallest absolute Gasteiger partial charge is 0.349 e. The van der Waals surface area contributed by atoms with Crippen LogP contribution in [-0.4, -0.2) is 11.9 Å². The highest BCUT2D eigenvalue weighted by molar-refractivity contribution is 5.94. The lowest BCUT2D eigenvalue weighted by molar-refractivity contribution is -0.143. The lowest BCUT2D eigenvalue weighted by Crippen LogP contribution is -2.36. The molecule has 0 aliphatic heterocycles. The van der Waals surface area contributed by atoms with Crippen LogP contribution in [0.15, 0.2) is 18.2 Å². The van der Waals surface area contributed by atoms with Crippen LogP contribution in [0.4, 0.5) is 26.3 Å². The van der Waals surface area contributed by atoms with Crippen molar-refractivity contribution in [1.29, 1.82) is 0 Å². The van der Waals surface area contributed by atoms with Gasteiger partial charge in [0.15, 0.2) is 0 Å². The first-order valence-electron chi connectivity index (χ1n) is 8.18. The molecule has 1 saturated carbocycles. The summed E-state index contributed by atoms with van der Waals surface area (Å²) in [6, 6.07) is 0.707. The first kappa shape index (κ1) is 21.3. The lowest BCUT2D eigenvalue weighted by Gasteiger charge is -2.23. The van der Waals surface area contributed by atoms with E-state index in [4.69, 9.17) is 0 Å². The molecule has 0 saturated heterocycles. The Morgan fingerprint density at radius 3 is 1.72 bits per heavy atom. The minimum absolute atomic E-state index is 0.0113. The Labute approximate surface area is 142 Å². The minimum atomic E-state index is -4.96. The molecule has 1 amide bonds. The van der Waals surface area contributed by atoms with E-state index >= 15 is 0 Å². The number of hydrogen-bond acceptors (Lipinski definition) is 1. The van der Waals surface area contributed by atoms with Crippen molar-refractivity contribution in [2.45, 2.75) is 64.3 Å². The Morgan fingerprint density at radius 1 is 0.880 bits per heavy atom. The van der Waals surface area contributed by atoms with E-state index in [-0.39, 0.29) is 12.1 Å². The van der Waals surface area contributed by atoms with Crippen LogP contribution in [0.25, 0.3) is 0 Å². The van der Waals surface area contributed by atoms with Gasteiger partial charge >= 0.3 is 12.4 Å². The summed E-state index contributed by atoms with van der Waals surface area (Å²) in [6.07, 6.45) is -5.80. The minimum Gasteiger partial charge on any atom is -0.349 e. The maximum absolute atomic E-state index is 12.8. The number of benzene rings is 1. The summed E-state index contributed by atoms with van der Waals surface area (Å²) in [5, 5.41) is 2.52. The molecule has 8 heteroatoms. The first-order chi connectivity index (χ1) is 11.6. The molecular formula is C17H21F6NO. The molecule has 0 aromatic heterocycles. The standard InChI is InChI=1S/C15H15F6NO.C2H6/c16-14(17,18)10-6-9(7-11(8-10)15(19,20)21)13(23)22-12-4-2-1-3-5-12;1-2/h6-8,12H,1-5H2,(H,22,23);1-2H3. The summed E-state index contributed by atoms with van der Waals surface area (Å²) in [7, 11) is 0. The number of rotatable bonds is 2. The molecule has 0 heterocycles. The van der Waals surface area contributed by atoms with Crippen molar-refractivity contribution >= 4 is 5.91 Å². The predicted molar refractivity (Wildman–Crippen MR) is 82.1 cm³/mol. The van der Waals surface area contributed by atoms with Crippen LogP contribution in [0, 0.1) is 0 Å². The SMILES string of the molecule is CC.O=C(NC1CCCCC1)c1cc(C(F)(F)F)cc(C(F)(F)F)c1. The summed E-state index contributed by atoms with van der Waals surface area (Å²) < 4.78 is 76.6. The fourth-order valence-electron chi connectivity index (χ4n) is 2.60. The van der Waals surface area contributed by atoms with Gasteiger partial charge in [-0.1, -0.05) is 33.1 Å². The largest absolute Gasteiger partial charge is 0.416 e. The van der Waals surface area contributed by atoms with Crippen LogP contribution in [0.5, 0.6) is 0 Å². The van der Waals surface area contributed by atoms with E-state index < -0.39 is 35.0 Å². The van der Waals surface area contributed by atoms with Gasteiger partial charge in [0.1, 0.15) is 0 Å². The van der Waals surface area contributed by atoms with Gasteiger partial charge in [-0.25, -0.2) is 0 Å². The van der Waals surface area contributed by atoms with Crippen LogP contribution in [0.3, 0.4) is 0 Å². The van der Waals surface area contributed by atoms with Gasteiger partial charge in [-0.15, -0.1) is 0 Å². The maximum Gasteiger partial charge on any atom is 0.416 e. The number of carbonyl (C=O) groups is 1. The highest BCUT2D eigenvalue weighted by Crippen LogP contribution is 2.36. The summed E-state index contributed by atoms with van der Waals surface area (Å²) in [5.41, 5.74) is -3.60. The Kier molecular flexibility index (Phi) is 7.31. The van der Waals surface area contributed by atoms with Gasteiger partial charge in [0, 0.05) is 11.6 Å². The average Bonchev–Trinajstić information content (AvgIpc) is 2.55. The zero-order valence-corrected chi connectivity index (χ0v) is 14.0. The van der Waals surface area contributed by atoms with E-state index in [0.717, 1.165) is 19.3 Å². The van der Waals surface area contributed by atoms with E-state index in [2.05, 4.69) is 5.32 Å². The molecule has 1 aromatic rings. The third-order valence-corrected chi connectivity index (χ3v) is 3.79. The zero-order valence-electron chi connectivity index (χ0n) is 14.0. The molecule has 1 aromatic carbocycles. The van der Waals surface area contributed by atoms with E-state index in [1.54, 1.807) is 0 Å². The Morgan fingerprint density at radius 2 is 1.32 bits per heavy atom. The number of amides is 1. The van der Waals surface area contributed by atoms with E-state index in [1.807, 2.05) is 13.8 Å². The molecule has 25 heavy (non-hydrogen) atoms. The summed E-state index contributed by atoms with van der Waals surface area (Å²) >= 11 is 0. The molecule has 2 rings (SSSR count). The van der Waals surface area contributed by atoms with Crippen molar-refractivity contribution in [3.8, 4) is 0 Å². The van der Waals surface area contributed by atoms with Crippen molar-refractivity contribution in [3.63, 3.8) is 0 Å². The fraction of sp³-hybridized carbons (Fsp3) is 0.588. The first-order valence-corrected chi connectivity index (χ1v) is 8.18. The molecule has 0 radical (unpaired) electrons. The van der Waals surface area contributed by atoms with Crippen molar-refractivity contribution in [2.24, 2.45) is 0 Å². The van der Waals surface area contributed by atoms with Crippen molar-refractivity contribution < 1.29 is 31.1 Å². The lowest BCUT2D eigenvalue weighted by atomic mass is 9.95. The molecule has 1 aliphatic rings. The van der Waals surface area contributed by atoms with Crippen molar-refractivity contribution in [3.05, 3.63) is 34.9 Å². The number of halogens is 6. The van der Waals surface area contributed by atoms with E-state index in [1.165, 1.54) is 0 Å². The molecule has 1 fully saturated rings. The second-order valence-corrected chi connectivity index (χ2v) is 5.60. The summed E-state index contributed by atoms with van der Waals surface area (Å²) in [5.74, 6) is -0.909. The zero-order chi connectivity index (χ0) is 19.3. The van der Waals surface area contributed by atoms with Crippen LogP contribution < -0.4 is 5.32 Å². The average molecular weight is 369 g/mol. The Bertz CT molecular complexity index is 541. The molecule has 1 N–H and O–H groups in total. The second kappa shape index (κ2) is 8.58. The summed E-state index contributed by atoms with van der Waals surface area (Å²) in [6.45, 7) is 4.00. The topological polar surface area (TPSA) is 29.1 Å². The normalized spacial score (nSPS) is 16.0. The van der Waals surface area contributed by atoms with Gasteiger partial charge in [-0.05, 0) is 31.0 Å². The number of carbonyl (C=O) groups excluding carboxylic acids is 1. The van der Waals surface area contributed by atoms with Gasteiger partial charge in [0.25, 0.3) is 5.91 Å². The molecule has 142 valence electrons. The van der Waals surface area contributed by atoms with Crippen molar-refractivity contribution in [2.75, 3.05) is 0 Å². The molecule has 0 bridgehead atoms. The van der Waals surface area contributed by atoms with E-state index in [9.17, 15) is 31.1 Å². The van der Waals surface area contributed by atoms with Gasteiger partial charge in [0.05, 0.1) is 11.1 Å². The number of alkyl halides is 6. The molecular weight excluding hydrogens is 348 g/mol. The molecule has 2 nitrogen and oxygen atoms in total. The molecule has 1 aliphatic carbocycles. The van der Waals surface area contributed by atoms with Crippen LogP contribution in [0.2, 0.25) is 0 Å². The Balaban J connectivity index is 0.00000151.